The van der Waals surface area contributed by atoms with Crippen molar-refractivity contribution in [1.29, 1.82) is 0 Å². The van der Waals surface area contributed by atoms with E-state index in [1.807, 2.05) is 0 Å². The maximum atomic E-state index is 12.3. The van der Waals surface area contributed by atoms with Gasteiger partial charge in [0.15, 0.2) is 0 Å². The average molecular weight is 230 g/mol. The first-order chi connectivity index (χ1) is 6.75. The standard InChI is InChI=1S/C5H3F5N4O/c6-4(7,5(8,9)10)3(15)13-14-1-11-12-2-14/h1-2H,(H,13,15). The highest BCUT2D eigenvalue weighted by atomic mass is 19.4. The van der Waals surface area contributed by atoms with Gasteiger partial charge in [0.1, 0.15) is 12.7 Å². The monoisotopic (exact) mass is 230 g/mol. The van der Waals surface area contributed by atoms with E-state index in [2.05, 4.69) is 10.2 Å². The summed E-state index contributed by atoms with van der Waals surface area (Å²) < 4.78 is 60.1. The molecule has 1 rings (SSSR count). The van der Waals surface area contributed by atoms with Crippen LogP contribution in [-0.2, 0) is 4.79 Å². The average Bonchev–Trinajstić information content (AvgIpc) is 2.54. The summed E-state index contributed by atoms with van der Waals surface area (Å²) in [4.78, 5) is 10.5. The highest BCUT2D eigenvalue weighted by Crippen LogP contribution is 2.35. The summed E-state index contributed by atoms with van der Waals surface area (Å²) in [7, 11) is 0. The summed E-state index contributed by atoms with van der Waals surface area (Å²) in [5.41, 5.74) is 1.25. The highest BCUT2D eigenvalue weighted by molar-refractivity contribution is 5.90. The topological polar surface area (TPSA) is 59.8 Å². The Kier molecular flexibility index (Phi) is 2.60. The number of hydrogen-bond acceptors (Lipinski definition) is 3. The number of amides is 1. The van der Waals surface area contributed by atoms with Gasteiger partial charge in [0.25, 0.3) is 0 Å². The number of carbonyl (C=O) groups is 1. The van der Waals surface area contributed by atoms with E-state index < -0.39 is 18.0 Å². The van der Waals surface area contributed by atoms with Gasteiger partial charge >= 0.3 is 18.0 Å². The quantitative estimate of drug-likeness (QED) is 0.754. The number of nitrogens with zero attached hydrogens (tertiary/aromatic N) is 3. The van der Waals surface area contributed by atoms with E-state index >= 15 is 0 Å². The number of carbonyl (C=O) groups excluding carboxylic acids is 1. The molecule has 84 valence electrons. The number of nitrogens with one attached hydrogen (secondary N) is 1. The first kappa shape index (κ1) is 11.3. The van der Waals surface area contributed by atoms with E-state index in [0.29, 0.717) is 4.68 Å². The number of alkyl halides is 5. The van der Waals surface area contributed by atoms with Crippen LogP contribution in [0.2, 0.25) is 0 Å². The fourth-order valence-corrected chi connectivity index (χ4v) is 0.575. The molecule has 10 heteroatoms. The third kappa shape index (κ3) is 2.19. The fourth-order valence-electron chi connectivity index (χ4n) is 0.575. The van der Waals surface area contributed by atoms with Crippen molar-refractivity contribution in [1.82, 2.24) is 14.9 Å². The second-order valence-electron chi connectivity index (χ2n) is 2.38. The van der Waals surface area contributed by atoms with Gasteiger partial charge in [-0.05, 0) is 0 Å². The van der Waals surface area contributed by atoms with Crippen molar-refractivity contribution in [2.24, 2.45) is 0 Å². The van der Waals surface area contributed by atoms with Crippen molar-refractivity contribution in [3.05, 3.63) is 12.7 Å². The molecule has 0 saturated heterocycles. The lowest BCUT2D eigenvalue weighted by Crippen LogP contribution is -2.49. The zero-order valence-electron chi connectivity index (χ0n) is 6.79. The molecule has 15 heavy (non-hydrogen) atoms. The van der Waals surface area contributed by atoms with Crippen LogP contribution in [0, 0.1) is 0 Å². The van der Waals surface area contributed by atoms with Crippen LogP contribution >= 0.6 is 0 Å². The Labute approximate surface area is 78.9 Å². The second-order valence-corrected chi connectivity index (χ2v) is 2.38. The van der Waals surface area contributed by atoms with E-state index in [0.717, 1.165) is 12.7 Å². The van der Waals surface area contributed by atoms with Crippen LogP contribution in [0.3, 0.4) is 0 Å². The van der Waals surface area contributed by atoms with Crippen molar-refractivity contribution in [3.8, 4) is 0 Å². The molecule has 1 heterocycles. The van der Waals surface area contributed by atoms with Crippen LogP contribution in [0.4, 0.5) is 22.0 Å². The molecule has 0 atom stereocenters. The summed E-state index contributed by atoms with van der Waals surface area (Å²) in [5, 5.41) is 6.18. The van der Waals surface area contributed by atoms with E-state index in [1.54, 1.807) is 0 Å². The Balaban J connectivity index is 2.77. The Morgan fingerprint density at radius 2 is 1.60 bits per heavy atom. The van der Waals surface area contributed by atoms with Crippen molar-refractivity contribution in [2.45, 2.75) is 12.1 Å². The highest BCUT2D eigenvalue weighted by Gasteiger charge is 2.63. The molecule has 0 radical (unpaired) electrons. The van der Waals surface area contributed by atoms with Crippen LogP contribution < -0.4 is 5.43 Å². The number of halogens is 5. The van der Waals surface area contributed by atoms with Crippen LogP contribution in [0.1, 0.15) is 0 Å². The Morgan fingerprint density at radius 3 is 2.00 bits per heavy atom. The van der Waals surface area contributed by atoms with Gasteiger partial charge in [-0.2, -0.15) is 22.0 Å². The molecule has 0 unspecified atom stereocenters. The van der Waals surface area contributed by atoms with Crippen molar-refractivity contribution < 1.29 is 26.7 Å². The van der Waals surface area contributed by atoms with Gasteiger partial charge in [-0.25, -0.2) is 4.68 Å². The zero-order chi connectivity index (χ0) is 11.7. The lowest BCUT2D eigenvalue weighted by atomic mass is 10.3. The normalized spacial score (nSPS) is 12.6. The minimum atomic E-state index is -5.94. The van der Waals surface area contributed by atoms with Gasteiger partial charge in [-0.1, -0.05) is 0 Å². The van der Waals surface area contributed by atoms with E-state index in [1.165, 1.54) is 5.43 Å². The molecule has 0 spiro atoms. The molecule has 0 bridgehead atoms. The van der Waals surface area contributed by atoms with Gasteiger partial charge in [-0.3, -0.25) is 10.2 Å². The fraction of sp³-hybridized carbons (Fsp3) is 0.400. The van der Waals surface area contributed by atoms with Gasteiger partial charge in [-0.15, -0.1) is 10.2 Å². The van der Waals surface area contributed by atoms with E-state index in [4.69, 9.17) is 0 Å². The molecule has 1 N–H and O–H groups in total. The minimum absolute atomic E-state index is 0.474. The molecule has 1 aromatic rings. The van der Waals surface area contributed by atoms with Gasteiger partial charge in [0.2, 0.25) is 0 Å². The van der Waals surface area contributed by atoms with Gasteiger partial charge in [0, 0.05) is 0 Å². The smallest absolute Gasteiger partial charge is 0.266 e. The van der Waals surface area contributed by atoms with Crippen LogP contribution in [0.25, 0.3) is 0 Å². The van der Waals surface area contributed by atoms with Gasteiger partial charge in [0.05, 0.1) is 0 Å². The molecule has 0 fully saturated rings. The molecule has 0 saturated carbocycles. The lowest BCUT2D eigenvalue weighted by Gasteiger charge is -2.18. The molecule has 0 aromatic carbocycles. The summed E-state index contributed by atoms with van der Waals surface area (Å²) in [6.45, 7) is 0. The zero-order valence-corrected chi connectivity index (χ0v) is 6.79. The predicted molar refractivity (Wildman–Crippen MR) is 35.4 cm³/mol. The van der Waals surface area contributed by atoms with Crippen LogP contribution in [0.5, 0.6) is 0 Å². The molecule has 5 nitrogen and oxygen atoms in total. The lowest BCUT2D eigenvalue weighted by molar-refractivity contribution is -0.267. The molecular formula is C5H3F5N4O. The minimum Gasteiger partial charge on any atom is -0.266 e. The van der Waals surface area contributed by atoms with Gasteiger partial charge < -0.3 is 0 Å². The van der Waals surface area contributed by atoms with E-state index in [9.17, 15) is 26.7 Å². The van der Waals surface area contributed by atoms with Crippen molar-refractivity contribution in [2.75, 3.05) is 5.43 Å². The summed E-state index contributed by atoms with van der Waals surface area (Å²) in [6.07, 6.45) is -4.43. The maximum absolute atomic E-state index is 12.3. The SMILES string of the molecule is O=C(Nn1cnnc1)C(F)(F)C(F)(F)F. The predicted octanol–water partition coefficient (Wildman–Crippen LogP) is 0.546. The number of aromatic nitrogens is 3. The number of hydrogen-bond donors (Lipinski definition) is 1. The third-order valence-electron chi connectivity index (χ3n) is 1.29. The molecule has 1 amide bonds. The molecule has 0 aliphatic rings. The first-order valence-corrected chi connectivity index (χ1v) is 3.36. The Bertz CT molecular complexity index is 345. The van der Waals surface area contributed by atoms with Crippen molar-refractivity contribution in [3.63, 3.8) is 0 Å². The van der Waals surface area contributed by atoms with Crippen LogP contribution in [0.15, 0.2) is 12.7 Å². The van der Waals surface area contributed by atoms with Crippen LogP contribution in [-0.4, -0.2) is 32.9 Å². The molecule has 0 aliphatic heterocycles. The molecular weight excluding hydrogens is 227 g/mol. The molecule has 0 aliphatic carbocycles. The summed E-state index contributed by atoms with van der Waals surface area (Å²) >= 11 is 0. The summed E-state index contributed by atoms with van der Waals surface area (Å²) in [6, 6.07) is 0. The third-order valence-corrected chi connectivity index (χ3v) is 1.29. The largest absolute Gasteiger partial charge is 0.463 e. The maximum Gasteiger partial charge on any atom is 0.463 e. The Hall–Kier alpha value is -1.74. The Morgan fingerprint density at radius 1 is 1.13 bits per heavy atom. The second kappa shape index (κ2) is 3.44. The van der Waals surface area contributed by atoms with Crippen molar-refractivity contribution >= 4 is 5.91 Å². The number of rotatable bonds is 2. The summed E-state index contributed by atoms with van der Waals surface area (Å²) in [5.74, 6) is -7.97. The van der Waals surface area contributed by atoms with E-state index in [-0.39, 0.29) is 0 Å². The molecule has 1 aromatic heterocycles. The first-order valence-electron chi connectivity index (χ1n) is 3.36.